The van der Waals surface area contributed by atoms with Crippen molar-refractivity contribution < 1.29 is 0 Å². The van der Waals surface area contributed by atoms with E-state index in [1.165, 1.54) is 25.3 Å². The Kier molecular flexibility index (Phi) is 5.16. The molecule has 0 unspecified atom stereocenters. The van der Waals surface area contributed by atoms with Gasteiger partial charge in [0.05, 0.1) is 0 Å². The zero-order valence-electron chi connectivity index (χ0n) is 11.4. The van der Waals surface area contributed by atoms with Crippen LogP contribution >= 0.6 is 0 Å². The number of imidazole rings is 1. The summed E-state index contributed by atoms with van der Waals surface area (Å²) in [5.74, 6) is 1.18. The normalized spacial score (nSPS) is 19.0. The lowest BCUT2D eigenvalue weighted by Gasteiger charge is -2.21. The Bertz CT molecular complexity index is 349. The maximum Gasteiger partial charge on any atom is 0.109 e. The zero-order valence-corrected chi connectivity index (χ0v) is 11.4. The number of nitrogens with two attached hydrogens (primary N) is 1. The van der Waals surface area contributed by atoms with Crippen molar-refractivity contribution in [2.75, 3.05) is 45.8 Å². The fourth-order valence-corrected chi connectivity index (χ4v) is 2.55. The van der Waals surface area contributed by atoms with Crippen LogP contribution in [0.15, 0.2) is 12.4 Å². The van der Waals surface area contributed by atoms with E-state index < -0.39 is 0 Å². The van der Waals surface area contributed by atoms with E-state index in [9.17, 15) is 0 Å². The molecule has 0 atom stereocenters. The highest BCUT2D eigenvalue weighted by Crippen LogP contribution is 2.04. The summed E-state index contributed by atoms with van der Waals surface area (Å²) in [4.78, 5) is 9.40. The standard InChI is InChI=1S/C13H25N5/c1-16-10-5-15-13(16)3-8-17-6-2-7-18(9-4-14)12-11-17/h5,10H,2-4,6-9,11-12,14H2,1H3. The number of aryl methyl sites for hydroxylation is 1. The molecule has 0 aliphatic carbocycles. The minimum atomic E-state index is 0.771. The van der Waals surface area contributed by atoms with E-state index in [1.807, 2.05) is 12.4 Å². The van der Waals surface area contributed by atoms with E-state index in [-0.39, 0.29) is 0 Å². The van der Waals surface area contributed by atoms with Gasteiger partial charge in [-0.25, -0.2) is 4.98 Å². The first kappa shape index (κ1) is 13.5. The van der Waals surface area contributed by atoms with Crippen molar-refractivity contribution in [2.24, 2.45) is 12.8 Å². The Hall–Kier alpha value is -0.910. The highest BCUT2D eigenvalue weighted by Gasteiger charge is 2.14. The van der Waals surface area contributed by atoms with E-state index in [4.69, 9.17) is 5.73 Å². The summed E-state index contributed by atoms with van der Waals surface area (Å²) in [6.07, 6.45) is 6.18. The van der Waals surface area contributed by atoms with E-state index in [0.717, 1.165) is 39.1 Å². The lowest BCUT2D eigenvalue weighted by Crippen LogP contribution is -2.34. The summed E-state index contributed by atoms with van der Waals surface area (Å²) in [6.45, 7) is 7.62. The van der Waals surface area contributed by atoms with Gasteiger partial charge in [0, 0.05) is 58.6 Å². The molecule has 0 radical (unpaired) electrons. The SMILES string of the molecule is Cn1ccnc1CCN1CCCN(CCN)CC1. The molecule has 0 amide bonds. The monoisotopic (exact) mass is 251 g/mol. The quantitative estimate of drug-likeness (QED) is 0.796. The maximum absolute atomic E-state index is 5.62. The summed E-state index contributed by atoms with van der Waals surface area (Å²) in [6, 6.07) is 0. The van der Waals surface area contributed by atoms with Crippen LogP contribution in [0.1, 0.15) is 12.2 Å². The van der Waals surface area contributed by atoms with Crippen molar-refractivity contribution in [1.29, 1.82) is 0 Å². The number of aromatic nitrogens is 2. The van der Waals surface area contributed by atoms with E-state index in [2.05, 4.69) is 26.4 Å². The third kappa shape index (κ3) is 3.80. The number of rotatable bonds is 5. The lowest BCUT2D eigenvalue weighted by atomic mass is 10.3. The third-order valence-electron chi connectivity index (χ3n) is 3.70. The van der Waals surface area contributed by atoms with Gasteiger partial charge < -0.3 is 20.1 Å². The predicted octanol–water partition coefficient (Wildman–Crippen LogP) is -0.0710. The van der Waals surface area contributed by atoms with Crippen LogP contribution in [0.4, 0.5) is 0 Å². The summed E-state index contributed by atoms with van der Waals surface area (Å²) in [5, 5.41) is 0. The number of nitrogens with zero attached hydrogens (tertiary/aromatic N) is 4. The molecule has 1 saturated heterocycles. The molecule has 1 fully saturated rings. The minimum absolute atomic E-state index is 0.771. The van der Waals surface area contributed by atoms with Crippen molar-refractivity contribution in [1.82, 2.24) is 19.4 Å². The van der Waals surface area contributed by atoms with Crippen molar-refractivity contribution in [3.63, 3.8) is 0 Å². The van der Waals surface area contributed by atoms with Crippen LogP contribution in [-0.4, -0.2) is 65.2 Å². The fourth-order valence-electron chi connectivity index (χ4n) is 2.55. The second-order valence-electron chi connectivity index (χ2n) is 5.03. The number of hydrogen-bond donors (Lipinski definition) is 1. The van der Waals surface area contributed by atoms with Crippen LogP contribution in [0.25, 0.3) is 0 Å². The fraction of sp³-hybridized carbons (Fsp3) is 0.769. The molecule has 1 aliphatic rings. The zero-order chi connectivity index (χ0) is 12.8. The molecule has 5 nitrogen and oxygen atoms in total. The van der Waals surface area contributed by atoms with Gasteiger partial charge in [-0.05, 0) is 19.5 Å². The van der Waals surface area contributed by atoms with Gasteiger partial charge >= 0.3 is 0 Å². The molecular weight excluding hydrogens is 226 g/mol. The highest BCUT2D eigenvalue weighted by atomic mass is 15.2. The van der Waals surface area contributed by atoms with Crippen LogP contribution in [0, 0.1) is 0 Å². The molecule has 2 heterocycles. The Labute approximate surface area is 110 Å². The first-order valence-electron chi connectivity index (χ1n) is 6.90. The van der Waals surface area contributed by atoms with Gasteiger partial charge in [-0.15, -0.1) is 0 Å². The van der Waals surface area contributed by atoms with Gasteiger partial charge in [0.15, 0.2) is 0 Å². The van der Waals surface area contributed by atoms with Crippen LogP contribution in [0.2, 0.25) is 0 Å². The summed E-state index contributed by atoms with van der Waals surface area (Å²) < 4.78 is 2.11. The largest absolute Gasteiger partial charge is 0.338 e. The van der Waals surface area contributed by atoms with Gasteiger partial charge in [0.2, 0.25) is 0 Å². The van der Waals surface area contributed by atoms with Gasteiger partial charge in [-0.2, -0.15) is 0 Å². The first-order valence-corrected chi connectivity index (χ1v) is 6.90. The second-order valence-corrected chi connectivity index (χ2v) is 5.03. The summed E-state index contributed by atoms with van der Waals surface area (Å²) in [7, 11) is 2.06. The van der Waals surface area contributed by atoms with Gasteiger partial charge in [-0.3, -0.25) is 0 Å². The third-order valence-corrected chi connectivity index (χ3v) is 3.70. The van der Waals surface area contributed by atoms with Gasteiger partial charge in [-0.1, -0.05) is 0 Å². The molecule has 1 aromatic rings. The minimum Gasteiger partial charge on any atom is -0.338 e. The Balaban J connectivity index is 1.75. The summed E-state index contributed by atoms with van der Waals surface area (Å²) in [5.41, 5.74) is 5.62. The van der Waals surface area contributed by atoms with Crippen molar-refractivity contribution in [3.05, 3.63) is 18.2 Å². The predicted molar refractivity (Wildman–Crippen MR) is 73.5 cm³/mol. The Morgan fingerprint density at radius 2 is 1.89 bits per heavy atom. The molecule has 5 heteroatoms. The molecular formula is C13H25N5. The molecule has 1 aliphatic heterocycles. The molecule has 1 aromatic heterocycles. The molecule has 0 saturated carbocycles. The van der Waals surface area contributed by atoms with E-state index >= 15 is 0 Å². The molecule has 2 rings (SSSR count). The molecule has 0 aromatic carbocycles. The second kappa shape index (κ2) is 6.87. The van der Waals surface area contributed by atoms with Crippen molar-refractivity contribution >= 4 is 0 Å². The van der Waals surface area contributed by atoms with Gasteiger partial charge in [0.1, 0.15) is 5.82 Å². The molecule has 2 N–H and O–H groups in total. The summed E-state index contributed by atoms with van der Waals surface area (Å²) >= 11 is 0. The molecule has 0 bridgehead atoms. The molecule has 102 valence electrons. The van der Waals surface area contributed by atoms with Crippen molar-refractivity contribution in [2.45, 2.75) is 12.8 Å². The lowest BCUT2D eigenvalue weighted by molar-refractivity contribution is 0.260. The molecule has 0 spiro atoms. The van der Waals surface area contributed by atoms with Crippen molar-refractivity contribution in [3.8, 4) is 0 Å². The van der Waals surface area contributed by atoms with E-state index in [0.29, 0.717) is 0 Å². The van der Waals surface area contributed by atoms with Crippen LogP contribution < -0.4 is 5.73 Å². The molecule has 18 heavy (non-hydrogen) atoms. The highest BCUT2D eigenvalue weighted by molar-refractivity contribution is 4.91. The van der Waals surface area contributed by atoms with Crippen LogP contribution in [0.5, 0.6) is 0 Å². The van der Waals surface area contributed by atoms with E-state index in [1.54, 1.807) is 0 Å². The van der Waals surface area contributed by atoms with Crippen LogP contribution in [0.3, 0.4) is 0 Å². The Morgan fingerprint density at radius 1 is 1.17 bits per heavy atom. The Morgan fingerprint density at radius 3 is 2.50 bits per heavy atom. The van der Waals surface area contributed by atoms with Crippen LogP contribution in [-0.2, 0) is 13.5 Å². The average Bonchev–Trinajstić information content (AvgIpc) is 2.63. The maximum atomic E-state index is 5.62. The van der Waals surface area contributed by atoms with Gasteiger partial charge in [0.25, 0.3) is 0 Å². The average molecular weight is 251 g/mol. The number of hydrogen-bond acceptors (Lipinski definition) is 4. The smallest absolute Gasteiger partial charge is 0.109 e. The topological polar surface area (TPSA) is 50.3 Å². The first-order chi connectivity index (χ1) is 8.79.